The molecule has 21 heavy (non-hydrogen) atoms. The lowest BCUT2D eigenvalue weighted by Gasteiger charge is -2.05. The lowest BCUT2D eigenvalue weighted by atomic mass is 10.1. The van der Waals surface area contributed by atoms with Crippen LogP contribution in [-0.2, 0) is 0 Å². The Morgan fingerprint density at radius 1 is 1.05 bits per heavy atom. The Morgan fingerprint density at radius 2 is 1.67 bits per heavy atom. The van der Waals surface area contributed by atoms with E-state index in [1.807, 2.05) is 0 Å². The Balaban J connectivity index is 1.92. The van der Waals surface area contributed by atoms with Crippen LogP contribution in [0.3, 0.4) is 0 Å². The Labute approximate surface area is 123 Å². The second kappa shape index (κ2) is 7.17. The van der Waals surface area contributed by atoms with E-state index in [2.05, 4.69) is 4.74 Å². The number of thioether (sulfide) groups is 1. The lowest BCUT2D eigenvalue weighted by Crippen LogP contribution is -2.04. The molecule has 0 aliphatic carbocycles. The fourth-order valence-electron chi connectivity index (χ4n) is 1.59. The number of halogens is 3. The lowest BCUT2D eigenvalue weighted by molar-refractivity contribution is -0.0498. The van der Waals surface area contributed by atoms with Gasteiger partial charge in [0.1, 0.15) is 11.6 Å². The van der Waals surface area contributed by atoms with Crippen molar-refractivity contribution in [3.05, 3.63) is 59.9 Å². The molecule has 0 aliphatic heterocycles. The van der Waals surface area contributed by atoms with Crippen molar-refractivity contribution in [2.75, 3.05) is 5.75 Å². The van der Waals surface area contributed by atoms with Gasteiger partial charge in [-0.1, -0.05) is 0 Å². The highest BCUT2D eigenvalue weighted by atomic mass is 32.2. The number of ether oxygens (including phenoxy) is 1. The van der Waals surface area contributed by atoms with Crippen molar-refractivity contribution in [1.82, 2.24) is 0 Å². The molecule has 110 valence electrons. The van der Waals surface area contributed by atoms with Crippen LogP contribution in [0.5, 0.6) is 5.75 Å². The number of hydrogen-bond donors (Lipinski definition) is 0. The summed E-state index contributed by atoms with van der Waals surface area (Å²) in [6.45, 7) is -2.89. The van der Waals surface area contributed by atoms with Crippen LogP contribution in [-0.4, -0.2) is 18.1 Å². The molecule has 0 N–H and O–H groups in total. The number of carbonyl (C=O) groups excluding carboxylic acids is 1. The van der Waals surface area contributed by atoms with Crippen LogP contribution < -0.4 is 4.74 Å². The Kier molecular flexibility index (Phi) is 5.27. The van der Waals surface area contributed by atoms with Gasteiger partial charge >= 0.3 is 6.61 Å². The van der Waals surface area contributed by atoms with Crippen molar-refractivity contribution in [3.8, 4) is 5.75 Å². The minimum atomic E-state index is -2.89. The van der Waals surface area contributed by atoms with Crippen LogP contribution in [0.2, 0.25) is 0 Å². The van der Waals surface area contributed by atoms with E-state index < -0.39 is 6.61 Å². The maximum absolute atomic E-state index is 12.7. The summed E-state index contributed by atoms with van der Waals surface area (Å²) in [5.41, 5.74) is 0.409. The zero-order valence-electron chi connectivity index (χ0n) is 10.8. The number of rotatable bonds is 6. The number of benzene rings is 2. The number of ketones is 1. The molecule has 0 unspecified atom stereocenters. The standard InChI is InChI=1S/C15H11F3O2S/c16-11-3-7-13(8-4-11)21-9-14(19)10-1-5-12(6-2-10)20-15(17)18/h1-8,15H,9H2. The summed E-state index contributed by atoms with van der Waals surface area (Å²) in [5.74, 6) is -0.290. The van der Waals surface area contributed by atoms with E-state index in [0.717, 1.165) is 4.90 Å². The minimum absolute atomic E-state index is 0.00716. The van der Waals surface area contributed by atoms with Crippen molar-refractivity contribution in [2.24, 2.45) is 0 Å². The topological polar surface area (TPSA) is 26.3 Å². The fourth-order valence-corrected chi connectivity index (χ4v) is 2.38. The quantitative estimate of drug-likeness (QED) is 0.584. The van der Waals surface area contributed by atoms with Crippen molar-refractivity contribution in [3.63, 3.8) is 0 Å². The third-order valence-electron chi connectivity index (χ3n) is 2.59. The first kappa shape index (κ1) is 15.4. The minimum Gasteiger partial charge on any atom is -0.435 e. The van der Waals surface area contributed by atoms with Crippen LogP contribution in [0, 0.1) is 5.82 Å². The molecule has 2 nitrogen and oxygen atoms in total. The van der Waals surface area contributed by atoms with E-state index in [9.17, 15) is 18.0 Å². The summed E-state index contributed by atoms with van der Waals surface area (Å²) in [4.78, 5) is 12.7. The second-order valence-corrected chi connectivity index (χ2v) is 5.12. The van der Waals surface area contributed by atoms with Gasteiger partial charge in [-0.2, -0.15) is 8.78 Å². The molecule has 2 aromatic rings. The van der Waals surface area contributed by atoms with Gasteiger partial charge in [0.15, 0.2) is 5.78 Å². The molecular formula is C15H11F3O2S. The Morgan fingerprint density at radius 3 is 2.24 bits per heavy atom. The van der Waals surface area contributed by atoms with Gasteiger partial charge in [0.25, 0.3) is 0 Å². The van der Waals surface area contributed by atoms with Gasteiger partial charge < -0.3 is 4.74 Å². The molecule has 0 amide bonds. The van der Waals surface area contributed by atoms with Gasteiger partial charge in [-0.3, -0.25) is 4.79 Å². The summed E-state index contributed by atoms with van der Waals surface area (Å²) in [6.07, 6.45) is 0. The normalized spacial score (nSPS) is 10.7. The van der Waals surface area contributed by atoms with E-state index in [0.29, 0.717) is 5.56 Å². The molecule has 0 aromatic heterocycles. The van der Waals surface area contributed by atoms with E-state index in [1.165, 1.54) is 48.2 Å². The summed E-state index contributed by atoms with van der Waals surface area (Å²) < 4.78 is 40.9. The molecule has 0 heterocycles. The number of hydrogen-bond acceptors (Lipinski definition) is 3. The molecule has 0 aliphatic rings. The van der Waals surface area contributed by atoms with Crippen molar-refractivity contribution in [1.29, 1.82) is 0 Å². The molecule has 0 fully saturated rings. The third kappa shape index (κ3) is 4.82. The first-order chi connectivity index (χ1) is 10.0. The highest BCUT2D eigenvalue weighted by Crippen LogP contribution is 2.21. The zero-order valence-corrected chi connectivity index (χ0v) is 11.6. The number of Topliss-reactive ketones (excluding diaryl/α,β-unsaturated/α-hetero) is 1. The average molecular weight is 312 g/mol. The molecular weight excluding hydrogens is 301 g/mol. The third-order valence-corrected chi connectivity index (χ3v) is 3.60. The van der Waals surface area contributed by atoms with Crippen molar-refractivity contribution in [2.45, 2.75) is 11.5 Å². The van der Waals surface area contributed by atoms with E-state index >= 15 is 0 Å². The largest absolute Gasteiger partial charge is 0.435 e. The maximum Gasteiger partial charge on any atom is 0.387 e. The van der Waals surface area contributed by atoms with Crippen LogP contribution in [0.4, 0.5) is 13.2 Å². The molecule has 0 spiro atoms. The molecule has 0 bridgehead atoms. The molecule has 0 saturated carbocycles. The zero-order chi connectivity index (χ0) is 15.2. The predicted molar refractivity (Wildman–Crippen MR) is 74.5 cm³/mol. The second-order valence-electron chi connectivity index (χ2n) is 4.07. The van der Waals surface area contributed by atoms with Gasteiger partial charge in [-0.05, 0) is 48.5 Å². The average Bonchev–Trinajstić information content (AvgIpc) is 2.46. The van der Waals surface area contributed by atoms with Crippen LogP contribution >= 0.6 is 11.8 Å². The van der Waals surface area contributed by atoms with Gasteiger partial charge in [0.05, 0.1) is 5.75 Å². The molecule has 0 radical (unpaired) electrons. The first-order valence-corrected chi connectivity index (χ1v) is 6.99. The summed E-state index contributed by atoms with van der Waals surface area (Å²) in [6, 6.07) is 11.3. The molecule has 2 aromatic carbocycles. The smallest absolute Gasteiger partial charge is 0.387 e. The SMILES string of the molecule is O=C(CSc1ccc(F)cc1)c1ccc(OC(F)F)cc1. The Bertz CT molecular complexity index is 597. The summed E-state index contributed by atoms with van der Waals surface area (Å²) in [5, 5.41) is 0. The van der Waals surface area contributed by atoms with Gasteiger partial charge in [-0.15, -0.1) is 11.8 Å². The van der Waals surface area contributed by atoms with Crippen molar-refractivity contribution < 1.29 is 22.7 Å². The maximum atomic E-state index is 12.7. The molecule has 2 rings (SSSR count). The van der Waals surface area contributed by atoms with Gasteiger partial charge in [0.2, 0.25) is 0 Å². The summed E-state index contributed by atoms with van der Waals surface area (Å²) in [7, 11) is 0. The molecule has 0 atom stereocenters. The monoisotopic (exact) mass is 312 g/mol. The Hall–Kier alpha value is -1.95. The highest BCUT2D eigenvalue weighted by molar-refractivity contribution is 8.00. The first-order valence-electron chi connectivity index (χ1n) is 6.01. The van der Waals surface area contributed by atoms with E-state index in [-0.39, 0.29) is 23.1 Å². The van der Waals surface area contributed by atoms with Crippen molar-refractivity contribution >= 4 is 17.5 Å². The number of carbonyl (C=O) groups is 1. The van der Waals surface area contributed by atoms with Crippen LogP contribution in [0.25, 0.3) is 0 Å². The van der Waals surface area contributed by atoms with E-state index in [4.69, 9.17) is 0 Å². The van der Waals surface area contributed by atoms with Crippen LogP contribution in [0.1, 0.15) is 10.4 Å². The fraction of sp³-hybridized carbons (Fsp3) is 0.133. The van der Waals surface area contributed by atoms with E-state index in [1.54, 1.807) is 12.1 Å². The molecule has 0 saturated heterocycles. The number of alkyl halides is 2. The van der Waals surface area contributed by atoms with Crippen LogP contribution in [0.15, 0.2) is 53.4 Å². The highest BCUT2D eigenvalue weighted by Gasteiger charge is 2.09. The van der Waals surface area contributed by atoms with Gasteiger partial charge in [0, 0.05) is 10.5 Å². The predicted octanol–water partition coefficient (Wildman–Crippen LogP) is 4.40. The summed E-state index contributed by atoms with van der Waals surface area (Å²) >= 11 is 1.28. The van der Waals surface area contributed by atoms with Gasteiger partial charge in [-0.25, -0.2) is 4.39 Å². The molecule has 6 heteroatoms.